The molecule has 1 aromatic rings. The van der Waals surface area contributed by atoms with Crippen LogP contribution in [0.2, 0.25) is 0 Å². The molecule has 0 spiro atoms. The lowest BCUT2D eigenvalue weighted by atomic mass is 9.95. The average molecular weight is 254 g/mol. The van der Waals surface area contributed by atoms with Crippen molar-refractivity contribution in [3.05, 3.63) is 16.1 Å². The Morgan fingerprint density at radius 3 is 3.06 bits per heavy atom. The van der Waals surface area contributed by atoms with Crippen LogP contribution in [0, 0.1) is 5.92 Å². The van der Waals surface area contributed by atoms with Crippen LogP contribution < -0.4 is 5.32 Å². The minimum Gasteiger partial charge on any atom is -0.462 e. The van der Waals surface area contributed by atoms with E-state index in [1.54, 1.807) is 6.20 Å². The Hall–Kier alpha value is -0.940. The molecule has 94 valence electrons. The van der Waals surface area contributed by atoms with Gasteiger partial charge in [0.2, 0.25) is 0 Å². The van der Waals surface area contributed by atoms with E-state index in [1.807, 2.05) is 6.92 Å². The van der Waals surface area contributed by atoms with E-state index in [4.69, 9.17) is 4.74 Å². The lowest BCUT2D eigenvalue weighted by Crippen LogP contribution is -2.28. The van der Waals surface area contributed by atoms with E-state index >= 15 is 0 Å². The van der Waals surface area contributed by atoms with Gasteiger partial charge in [-0.2, -0.15) is 0 Å². The summed E-state index contributed by atoms with van der Waals surface area (Å²) in [6.45, 7) is 4.43. The number of carbonyl (C=O) groups is 1. The van der Waals surface area contributed by atoms with E-state index < -0.39 is 0 Å². The molecule has 0 unspecified atom stereocenters. The molecule has 0 saturated carbocycles. The summed E-state index contributed by atoms with van der Waals surface area (Å²) in [4.78, 5) is 16.4. The molecule has 0 bridgehead atoms. The maximum atomic E-state index is 11.5. The van der Waals surface area contributed by atoms with Crippen molar-refractivity contribution in [2.75, 3.05) is 19.7 Å². The Balaban J connectivity index is 1.91. The topological polar surface area (TPSA) is 51.2 Å². The molecule has 4 nitrogen and oxygen atoms in total. The van der Waals surface area contributed by atoms with E-state index in [-0.39, 0.29) is 5.97 Å². The fraction of sp³-hybridized carbons (Fsp3) is 0.667. The van der Waals surface area contributed by atoms with E-state index in [1.165, 1.54) is 24.2 Å². The second-order valence-corrected chi connectivity index (χ2v) is 5.35. The summed E-state index contributed by atoms with van der Waals surface area (Å²) in [5.74, 6) is 0.457. The molecule has 0 amide bonds. The SMILES string of the molecule is CCOC(=O)c1cnc(CC2CCNCC2)s1. The van der Waals surface area contributed by atoms with Crippen molar-refractivity contribution in [3.63, 3.8) is 0 Å². The Bertz CT molecular complexity index is 372. The van der Waals surface area contributed by atoms with Gasteiger partial charge in [0.25, 0.3) is 0 Å². The first kappa shape index (κ1) is 12.5. The van der Waals surface area contributed by atoms with Crippen molar-refractivity contribution in [2.45, 2.75) is 26.2 Å². The smallest absolute Gasteiger partial charge is 0.349 e. The Kier molecular flexibility index (Phi) is 4.50. The van der Waals surface area contributed by atoms with Crippen LogP contribution in [0.1, 0.15) is 34.4 Å². The minimum absolute atomic E-state index is 0.249. The zero-order chi connectivity index (χ0) is 12.1. The van der Waals surface area contributed by atoms with Crippen LogP contribution in [0.4, 0.5) is 0 Å². The van der Waals surface area contributed by atoms with Gasteiger partial charge in [-0.3, -0.25) is 0 Å². The van der Waals surface area contributed by atoms with Gasteiger partial charge in [0.05, 0.1) is 17.8 Å². The van der Waals surface area contributed by atoms with Gasteiger partial charge in [0.1, 0.15) is 4.88 Å². The molecule has 2 heterocycles. The quantitative estimate of drug-likeness (QED) is 0.833. The number of rotatable bonds is 4. The number of nitrogens with one attached hydrogen (secondary N) is 1. The summed E-state index contributed by atoms with van der Waals surface area (Å²) < 4.78 is 4.95. The molecule has 17 heavy (non-hydrogen) atoms. The highest BCUT2D eigenvalue weighted by molar-refractivity contribution is 7.13. The van der Waals surface area contributed by atoms with Crippen molar-refractivity contribution in [3.8, 4) is 0 Å². The first-order chi connectivity index (χ1) is 8.29. The van der Waals surface area contributed by atoms with Crippen molar-refractivity contribution < 1.29 is 9.53 Å². The molecule has 0 atom stereocenters. The van der Waals surface area contributed by atoms with E-state index in [9.17, 15) is 4.79 Å². The fourth-order valence-electron chi connectivity index (χ4n) is 2.03. The number of hydrogen-bond acceptors (Lipinski definition) is 5. The van der Waals surface area contributed by atoms with Crippen molar-refractivity contribution >= 4 is 17.3 Å². The van der Waals surface area contributed by atoms with Gasteiger partial charge >= 0.3 is 5.97 Å². The Labute approximate surface area is 105 Å². The molecule has 1 aliphatic heterocycles. The third-order valence-corrected chi connectivity index (χ3v) is 3.95. The average Bonchev–Trinajstić information content (AvgIpc) is 2.79. The monoisotopic (exact) mass is 254 g/mol. The molecule has 0 aliphatic carbocycles. The number of ether oxygens (including phenoxy) is 1. The highest BCUT2D eigenvalue weighted by atomic mass is 32.1. The van der Waals surface area contributed by atoms with Gasteiger partial charge in [-0.1, -0.05) is 0 Å². The van der Waals surface area contributed by atoms with Gasteiger partial charge in [0.15, 0.2) is 0 Å². The number of esters is 1. The minimum atomic E-state index is -0.249. The molecule has 2 rings (SSSR count). The molecule has 1 aliphatic rings. The second-order valence-electron chi connectivity index (χ2n) is 4.24. The maximum Gasteiger partial charge on any atom is 0.349 e. The predicted octanol–water partition coefficient (Wildman–Crippen LogP) is 1.86. The molecule has 5 heteroatoms. The van der Waals surface area contributed by atoms with Gasteiger partial charge in [-0.25, -0.2) is 9.78 Å². The van der Waals surface area contributed by atoms with Gasteiger partial charge in [-0.15, -0.1) is 11.3 Å². The molecule has 1 aromatic heterocycles. The molecule has 1 fully saturated rings. The Morgan fingerprint density at radius 1 is 1.59 bits per heavy atom. The van der Waals surface area contributed by atoms with Crippen molar-refractivity contribution in [1.29, 1.82) is 0 Å². The predicted molar refractivity (Wildman–Crippen MR) is 67.4 cm³/mol. The number of hydrogen-bond donors (Lipinski definition) is 1. The lowest BCUT2D eigenvalue weighted by Gasteiger charge is -2.21. The Morgan fingerprint density at radius 2 is 2.35 bits per heavy atom. The number of aromatic nitrogens is 1. The second kappa shape index (κ2) is 6.12. The molecule has 1 saturated heterocycles. The third kappa shape index (κ3) is 3.51. The zero-order valence-corrected chi connectivity index (χ0v) is 10.9. The van der Waals surface area contributed by atoms with E-state index in [2.05, 4.69) is 10.3 Å². The van der Waals surface area contributed by atoms with Crippen LogP contribution >= 0.6 is 11.3 Å². The van der Waals surface area contributed by atoms with Crippen molar-refractivity contribution in [2.24, 2.45) is 5.92 Å². The molecule has 1 N–H and O–H groups in total. The number of thiazole rings is 1. The highest BCUT2D eigenvalue weighted by Crippen LogP contribution is 2.22. The normalized spacial score (nSPS) is 17.0. The summed E-state index contributed by atoms with van der Waals surface area (Å²) >= 11 is 1.47. The summed E-state index contributed by atoms with van der Waals surface area (Å²) in [5, 5.41) is 4.41. The first-order valence-electron chi connectivity index (χ1n) is 6.12. The number of carbonyl (C=O) groups excluding carboxylic acids is 1. The zero-order valence-electron chi connectivity index (χ0n) is 10.1. The van der Waals surface area contributed by atoms with E-state index in [0.29, 0.717) is 17.4 Å². The van der Waals surface area contributed by atoms with Crippen LogP contribution in [0.15, 0.2) is 6.20 Å². The van der Waals surface area contributed by atoms with Crippen LogP contribution in [-0.4, -0.2) is 30.6 Å². The first-order valence-corrected chi connectivity index (χ1v) is 6.93. The van der Waals surface area contributed by atoms with Crippen LogP contribution in [-0.2, 0) is 11.2 Å². The van der Waals surface area contributed by atoms with Gasteiger partial charge in [0, 0.05) is 6.42 Å². The summed E-state index contributed by atoms with van der Waals surface area (Å²) in [6, 6.07) is 0. The summed E-state index contributed by atoms with van der Waals surface area (Å²) in [7, 11) is 0. The molecular formula is C12H18N2O2S. The highest BCUT2D eigenvalue weighted by Gasteiger charge is 2.17. The van der Waals surface area contributed by atoms with Crippen LogP contribution in [0.25, 0.3) is 0 Å². The van der Waals surface area contributed by atoms with Gasteiger partial charge < -0.3 is 10.1 Å². The van der Waals surface area contributed by atoms with Crippen LogP contribution in [0.5, 0.6) is 0 Å². The summed E-state index contributed by atoms with van der Waals surface area (Å²) in [6.07, 6.45) is 5.04. The third-order valence-electron chi connectivity index (χ3n) is 2.95. The number of nitrogens with zero attached hydrogens (tertiary/aromatic N) is 1. The molecule has 0 radical (unpaired) electrons. The van der Waals surface area contributed by atoms with E-state index in [0.717, 1.165) is 24.5 Å². The van der Waals surface area contributed by atoms with Gasteiger partial charge in [-0.05, 0) is 38.8 Å². The standard InChI is InChI=1S/C12H18N2O2S/c1-2-16-12(15)10-8-14-11(17-10)7-9-3-5-13-6-4-9/h8-9,13H,2-7H2,1H3. The molecular weight excluding hydrogens is 236 g/mol. The van der Waals surface area contributed by atoms with Crippen LogP contribution in [0.3, 0.4) is 0 Å². The maximum absolute atomic E-state index is 11.5. The van der Waals surface area contributed by atoms with Crippen molar-refractivity contribution in [1.82, 2.24) is 10.3 Å². The molecule has 0 aromatic carbocycles. The fourth-order valence-corrected chi connectivity index (χ4v) is 2.96. The lowest BCUT2D eigenvalue weighted by molar-refractivity contribution is 0.0532. The number of piperidine rings is 1. The summed E-state index contributed by atoms with van der Waals surface area (Å²) in [5.41, 5.74) is 0. The largest absolute Gasteiger partial charge is 0.462 e.